The second kappa shape index (κ2) is 5.60. The zero-order valence-corrected chi connectivity index (χ0v) is 8.24. The number of para-hydroxylation sites is 1. The van der Waals surface area contributed by atoms with Gasteiger partial charge in [-0.05, 0) is 12.5 Å². The summed E-state index contributed by atoms with van der Waals surface area (Å²) in [4.78, 5) is 0. The lowest BCUT2D eigenvalue weighted by Crippen LogP contribution is -2.04. The molecule has 0 bridgehead atoms. The highest BCUT2D eigenvalue weighted by Gasteiger charge is 2.10. The second-order valence-electron chi connectivity index (χ2n) is 3.00. The SMILES string of the molecule is CC[C@@H](O)c1ccccc1OCCF. The predicted octanol–water partition coefficient (Wildman–Crippen LogP) is 2.48. The van der Waals surface area contributed by atoms with Gasteiger partial charge in [-0.2, -0.15) is 0 Å². The number of aliphatic hydroxyl groups excluding tert-OH is 1. The molecule has 0 heterocycles. The van der Waals surface area contributed by atoms with Crippen LogP contribution < -0.4 is 4.74 Å². The van der Waals surface area contributed by atoms with Crippen LogP contribution in [0.2, 0.25) is 0 Å². The van der Waals surface area contributed by atoms with Gasteiger partial charge in [-0.25, -0.2) is 4.39 Å². The maximum atomic E-state index is 11.9. The number of aliphatic hydroxyl groups is 1. The molecular weight excluding hydrogens is 183 g/mol. The largest absolute Gasteiger partial charge is 0.490 e. The molecule has 0 aliphatic carbocycles. The molecule has 1 rings (SSSR count). The Morgan fingerprint density at radius 2 is 2.14 bits per heavy atom. The zero-order valence-electron chi connectivity index (χ0n) is 8.24. The first kappa shape index (κ1) is 11.0. The summed E-state index contributed by atoms with van der Waals surface area (Å²) in [7, 11) is 0. The minimum atomic E-state index is -0.536. The molecule has 1 N–H and O–H groups in total. The molecule has 2 nitrogen and oxygen atoms in total. The Kier molecular flexibility index (Phi) is 4.40. The Labute approximate surface area is 83.3 Å². The van der Waals surface area contributed by atoms with E-state index in [0.29, 0.717) is 12.2 Å². The van der Waals surface area contributed by atoms with Crippen LogP contribution in [0.25, 0.3) is 0 Å². The Balaban J connectivity index is 2.79. The second-order valence-corrected chi connectivity index (χ2v) is 3.00. The molecule has 78 valence electrons. The van der Waals surface area contributed by atoms with E-state index < -0.39 is 12.8 Å². The van der Waals surface area contributed by atoms with Crippen molar-refractivity contribution in [1.82, 2.24) is 0 Å². The molecule has 0 aromatic heterocycles. The van der Waals surface area contributed by atoms with Gasteiger partial charge < -0.3 is 9.84 Å². The van der Waals surface area contributed by atoms with Crippen LogP contribution in [0.1, 0.15) is 25.0 Å². The van der Waals surface area contributed by atoms with Gasteiger partial charge in [-0.15, -0.1) is 0 Å². The van der Waals surface area contributed by atoms with Crippen LogP contribution in [0.3, 0.4) is 0 Å². The fourth-order valence-corrected chi connectivity index (χ4v) is 1.26. The minimum absolute atomic E-state index is 0.0352. The molecule has 14 heavy (non-hydrogen) atoms. The molecule has 0 amide bonds. The third-order valence-electron chi connectivity index (χ3n) is 2.00. The first-order chi connectivity index (χ1) is 6.79. The van der Waals surface area contributed by atoms with E-state index in [2.05, 4.69) is 0 Å². The van der Waals surface area contributed by atoms with Crippen LogP contribution in [-0.2, 0) is 0 Å². The van der Waals surface area contributed by atoms with Crippen molar-refractivity contribution in [1.29, 1.82) is 0 Å². The normalized spacial score (nSPS) is 12.5. The lowest BCUT2D eigenvalue weighted by molar-refractivity contribution is 0.166. The summed E-state index contributed by atoms with van der Waals surface area (Å²) in [5.41, 5.74) is 0.725. The zero-order chi connectivity index (χ0) is 10.4. The number of rotatable bonds is 5. The molecule has 0 aliphatic heterocycles. The Hall–Kier alpha value is -1.09. The molecule has 0 saturated heterocycles. The van der Waals surface area contributed by atoms with Gasteiger partial charge in [0.25, 0.3) is 0 Å². The third-order valence-corrected chi connectivity index (χ3v) is 2.00. The summed E-state index contributed by atoms with van der Waals surface area (Å²) >= 11 is 0. The van der Waals surface area contributed by atoms with Crippen molar-refractivity contribution in [3.05, 3.63) is 29.8 Å². The van der Waals surface area contributed by atoms with Crippen LogP contribution in [0.5, 0.6) is 5.75 Å². The first-order valence-electron chi connectivity index (χ1n) is 4.75. The van der Waals surface area contributed by atoms with Gasteiger partial charge in [-0.3, -0.25) is 0 Å². The van der Waals surface area contributed by atoms with E-state index in [0.717, 1.165) is 5.56 Å². The molecule has 1 aromatic carbocycles. The number of benzene rings is 1. The molecule has 1 atom stereocenters. The van der Waals surface area contributed by atoms with E-state index in [1.54, 1.807) is 18.2 Å². The monoisotopic (exact) mass is 198 g/mol. The third kappa shape index (κ3) is 2.70. The Morgan fingerprint density at radius 1 is 1.43 bits per heavy atom. The molecular formula is C11H15FO2. The van der Waals surface area contributed by atoms with Crippen molar-refractivity contribution in [2.45, 2.75) is 19.4 Å². The maximum absolute atomic E-state index is 11.9. The van der Waals surface area contributed by atoms with Crippen LogP contribution in [0.4, 0.5) is 4.39 Å². The van der Waals surface area contributed by atoms with Gasteiger partial charge in [0.05, 0.1) is 6.10 Å². The average molecular weight is 198 g/mol. The van der Waals surface area contributed by atoms with Crippen LogP contribution in [-0.4, -0.2) is 18.4 Å². The highest BCUT2D eigenvalue weighted by molar-refractivity contribution is 5.34. The standard InChI is InChI=1S/C11H15FO2/c1-2-10(13)9-5-3-4-6-11(9)14-8-7-12/h3-6,10,13H,2,7-8H2,1H3/t10-/m1/s1. The van der Waals surface area contributed by atoms with Crippen molar-refractivity contribution in [3.8, 4) is 5.75 Å². The molecule has 0 spiro atoms. The van der Waals surface area contributed by atoms with E-state index in [1.165, 1.54) is 0 Å². The van der Waals surface area contributed by atoms with E-state index >= 15 is 0 Å². The number of hydrogen-bond donors (Lipinski definition) is 1. The van der Waals surface area contributed by atoms with Gasteiger partial charge in [-0.1, -0.05) is 25.1 Å². The molecule has 1 aromatic rings. The topological polar surface area (TPSA) is 29.5 Å². The lowest BCUT2D eigenvalue weighted by Gasteiger charge is -2.13. The lowest BCUT2D eigenvalue weighted by atomic mass is 10.1. The molecule has 0 unspecified atom stereocenters. The molecule has 0 saturated carbocycles. The van der Waals surface area contributed by atoms with Gasteiger partial charge in [0.1, 0.15) is 19.0 Å². The van der Waals surface area contributed by atoms with Crippen molar-refractivity contribution in [3.63, 3.8) is 0 Å². The molecule has 0 fully saturated rings. The fraction of sp³-hybridized carbons (Fsp3) is 0.455. The maximum Gasteiger partial charge on any atom is 0.125 e. The van der Waals surface area contributed by atoms with E-state index in [-0.39, 0.29) is 6.61 Å². The molecule has 0 radical (unpaired) electrons. The number of hydrogen-bond acceptors (Lipinski definition) is 2. The van der Waals surface area contributed by atoms with Gasteiger partial charge in [0.15, 0.2) is 0 Å². The van der Waals surface area contributed by atoms with Crippen molar-refractivity contribution in [2.24, 2.45) is 0 Å². The quantitative estimate of drug-likeness (QED) is 0.787. The summed E-state index contributed by atoms with van der Waals surface area (Å²) in [6.45, 7) is 1.40. The van der Waals surface area contributed by atoms with Gasteiger partial charge >= 0.3 is 0 Å². The Morgan fingerprint density at radius 3 is 2.79 bits per heavy atom. The van der Waals surface area contributed by atoms with E-state index in [9.17, 15) is 9.50 Å². The van der Waals surface area contributed by atoms with Crippen LogP contribution in [0, 0.1) is 0 Å². The smallest absolute Gasteiger partial charge is 0.125 e. The summed E-state index contributed by atoms with van der Waals surface area (Å²) in [6, 6.07) is 7.17. The number of halogens is 1. The number of alkyl halides is 1. The van der Waals surface area contributed by atoms with Crippen molar-refractivity contribution in [2.75, 3.05) is 13.3 Å². The van der Waals surface area contributed by atoms with Crippen LogP contribution in [0.15, 0.2) is 24.3 Å². The van der Waals surface area contributed by atoms with E-state index in [4.69, 9.17) is 4.74 Å². The van der Waals surface area contributed by atoms with Crippen molar-refractivity contribution < 1.29 is 14.2 Å². The highest BCUT2D eigenvalue weighted by Crippen LogP contribution is 2.26. The Bertz CT molecular complexity index is 276. The predicted molar refractivity (Wildman–Crippen MR) is 53.2 cm³/mol. The summed E-state index contributed by atoms with van der Waals surface area (Å²) in [6.07, 6.45) is 0.0847. The van der Waals surface area contributed by atoms with E-state index in [1.807, 2.05) is 13.0 Å². The minimum Gasteiger partial charge on any atom is -0.490 e. The molecule has 0 aliphatic rings. The average Bonchev–Trinajstić information content (AvgIpc) is 2.25. The van der Waals surface area contributed by atoms with Gasteiger partial charge in [0, 0.05) is 5.56 Å². The highest BCUT2D eigenvalue weighted by atomic mass is 19.1. The van der Waals surface area contributed by atoms with Gasteiger partial charge in [0.2, 0.25) is 0 Å². The summed E-state index contributed by atoms with van der Waals surface area (Å²) in [5.74, 6) is 0.569. The fourth-order valence-electron chi connectivity index (χ4n) is 1.26. The van der Waals surface area contributed by atoms with Crippen molar-refractivity contribution >= 4 is 0 Å². The summed E-state index contributed by atoms with van der Waals surface area (Å²) in [5, 5.41) is 9.64. The number of ether oxygens (including phenoxy) is 1. The van der Waals surface area contributed by atoms with Crippen LogP contribution >= 0.6 is 0 Å². The first-order valence-corrected chi connectivity index (χ1v) is 4.75. The summed E-state index contributed by atoms with van der Waals surface area (Å²) < 4.78 is 17.1. The molecule has 3 heteroatoms.